The predicted molar refractivity (Wildman–Crippen MR) is 66.9 cm³/mol. The summed E-state index contributed by atoms with van der Waals surface area (Å²) in [6, 6.07) is 12.6. The van der Waals surface area contributed by atoms with Gasteiger partial charge < -0.3 is 10.8 Å². The lowest BCUT2D eigenvalue weighted by atomic mass is 10.1. The van der Waals surface area contributed by atoms with E-state index in [1.54, 1.807) is 24.4 Å². The van der Waals surface area contributed by atoms with Crippen molar-refractivity contribution < 1.29 is 5.11 Å². The molecule has 84 valence electrons. The van der Waals surface area contributed by atoms with Gasteiger partial charge in [-0.25, -0.2) is 4.98 Å². The molecule has 0 bridgehead atoms. The van der Waals surface area contributed by atoms with Crippen molar-refractivity contribution in [3.63, 3.8) is 0 Å². The van der Waals surface area contributed by atoms with Gasteiger partial charge in [-0.1, -0.05) is 30.2 Å². The summed E-state index contributed by atoms with van der Waals surface area (Å²) in [4.78, 5) is 4.05. The SMILES string of the molecule is Nc1ccccc1C(O)C#Cc1ccccn1. The molecule has 0 radical (unpaired) electrons. The zero-order valence-electron chi connectivity index (χ0n) is 9.17. The maximum atomic E-state index is 9.88. The quantitative estimate of drug-likeness (QED) is 0.573. The van der Waals surface area contributed by atoms with Crippen molar-refractivity contribution in [3.05, 3.63) is 59.9 Å². The van der Waals surface area contributed by atoms with Crippen molar-refractivity contribution in [3.8, 4) is 11.8 Å². The summed E-state index contributed by atoms with van der Waals surface area (Å²) >= 11 is 0. The zero-order valence-corrected chi connectivity index (χ0v) is 9.17. The fraction of sp³-hybridized carbons (Fsp3) is 0.0714. The molecule has 0 aliphatic carbocycles. The van der Waals surface area contributed by atoms with Crippen LogP contribution in [0.25, 0.3) is 0 Å². The first-order chi connectivity index (χ1) is 8.27. The summed E-state index contributed by atoms with van der Waals surface area (Å²) < 4.78 is 0. The lowest BCUT2D eigenvalue weighted by Crippen LogP contribution is -1.99. The largest absolute Gasteiger partial charge is 0.398 e. The molecule has 0 saturated carbocycles. The summed E-state index contributed by atoms with van der Waals surface area (Å²) in [5.74, 6) is 5.52. The molecular formula is C14H12N2O. The molecule has 1 unspecified atom stereocenters. The van der Waals surface area contributed by atoms with Crippen molar-refractivity contribution in [2.45, 2.75) is 6.10 Å². The molecule has 1 heterocycles. The van der Waals surface area contributed by atoms with Gasteiger partial charge in [-0.2, -0.15) is 0 Å². The highest BCUT2D eigenvalue weighted by molar-refractivity contribution is 5.50. The van der Waals surface area contributed by atoms with E-state index in [-0.39, 0.29) is 0 Å². The maximum absolute atomic E-state index is 9.88. The first kappa shape index (κ1) is 11.2. The average molecular weight is 224 g/mol. The minimum Gasteiger partial charge on any atom is -0.398 e. The number of pyridine rings is 1. The van der Waals surface area contributed by atoms with Gasteiger partial charge >= 0.3 is 0 Å². The Morgan fingerprint density at radius 3 is 2.59 bits per heavy atom. The third-order valence-corrected chi connectivity index (χ3v) is 2.29. The first-order valence-electron chi connectivity index (χ1n) is 5.22. The predicted octanol–water partition coefficient (Wildman–Crippen LogP) is 1.75. The molecule has 2 aromatic rings. The number of aliphatic hydroxyl groups excluding tert-OH is 1. The van der Waals surface area contributed by atoms with Gasteiger partial charge in [0, 0.05) is 17.4 Å². The first-order valence-corrected chi connectivity index (χ1v) is 5.22. The van der Waals surface area contributed by atoms with E-state index in [1.807, 2.05) is 24.3 Å². The molecule has 3 heteroatoms. The molecule has 0 aliphatic rings. The number of hydrogen-bond donors (Lipinski definition) is 2. The van der Waals surface area contributed by atoms with E-state index in [4.69, 9.17) is 5.73 Å². The van der Waals surface area contributed by atoms with E-state index in [1.165, 1.54) is 0 Å². The van der Waals surface area contributed by atoms with Crippen molar-refractivity contribution in [2.75, 3.05) is 5.73 Å². The Morgan fingerprint density at radius 2 is 1.88 bits per heavy atom. The number of rotatable bonds is 1. The van der Waals surface area contributed by atoms with E-state index in [2.05, 4.69) is 16.8 Å². The van der Waals surface area contributed by atoms with Gasteiger partial charge in [0.25, 0.3) is 0 Å². The molecule has 0 spiro atoms. The Balaban J connectivity index is 2.21. The topological polar surface area (TPSA) is 59.1 Å². The van der Waals surface area contributed by atoms with Crippen LogP contribution >= 0.6 is 0 Å². The number of nitrogens with two attached hydrogens (primary N) is 1. The van der Waals surface area contributed by atoms with Crippen LogP contribution in [0, 0.1) is 11.8 Å². The summed E-state index contributed by atoms with van der Waals surface area (Å²) in [5, 5.41) is 9.88. The summed E-state index contributed by atoms with van der Waals surface area (Å²) in [6.07, 6.45) is 0.769. The number of benzene rings is 1. The number of nitrogen functional groups attached to an aromatic ring is 1. The molecule has 0 saturated heterocycles. The van der Waals surface area contributed by atoms with Crippen LogP contribution in [-0.4, -0.2) is 10.1 Å². The Kier molecular flexibility index (Phi) is 3.39. The molecule has 0 amide bonds. The minimum absolute atomic E-state index is 0.537. The van der Waals surface area contributed by atoms with Gasteiger partial charge in [0.2, 0.25) is 0 Å². The summed E-state index contributed by atoms with van der Waals surface area (Å²) in [7, 11) is 0. The molecule has 0 aliphatic heterocycles. The molecule has 17 heavy (non-hydrogen) atoms. The molecule has 0 fully saturated rings. The van der Waals surface area contributed by atoms with E-state index in [0.717, 1.165) is 0 Å². The molecule has 1 aromatic carbocycles. The molecule has 1 aromatic heterocycles. The van der Waals surface area contributed by atoms with Crippen LogP contribution in [-0.2, 0) is 0 Å². The Morgan fingerprint density at radius 1 is 1.12 bits per heavy atom. The second-order valence-corrected chi connectivity index (χ2v) is 3.52. The molecule has 3 N–H and O–H groups in total. The van der Waals surface area contributed by atoms with Crippen molar-refractivity contribution >= 4 is 5.69 Å². The van der Waals surface area contributed by atoms with Gasteiger partial charge in [-0.3, -0.25) is 0 Å². The van der Waals surface area contributed by atoms with Gasteiger partial charge in [0.1, 0.15) is 11.8 Å². The smallest absolute Gasteiger partial charge is 0.142 e. The van der Waals surface area contributed by atoms with Crippen LogP contribution in [0.15, 0.2) is 48.7 Å². The summed E-state index contributed by atoms with van der Waals surface area (Å²) in [6.45, 7) is 0. The van der Waals surface area contributed by atoms with Crippen LogP contribution in [0.3, 0.4) is 0 Å². The van der Waals surface area contributed by atoms with Crippen molar-refractivity contribution in [1.29, 1.82) is 0 Å². The van der Waals surface area contributed by atoms with Crippen molar-refractivity contribution in [2.24, 2.45) is 0 Å². The average Bonchev–Trinajstić information content (AvgIpc) is 2.38. The third kappa shape index (κ3) is 2.83. The number of aromatic nitrogens is 1. The third-order valence-electron chi connectivity index (χ3n) is 2.29. The van der Waals surface area contributed by atoms with Gasteiger partial charge in [0.15, 0.2) is 0 Å². The number of para-hydroxylation sites is 1. The Labute approximate surface area is 99.9 Å². The van der Waals surface area contributed by atoms with E-state index in [9.17, 15) is 5.11 Å². The zero-order chi connectivity index (χ0) is 12.1. The van der Waals surface area contributed by atoms with E-state index < -0.39 is 6.10 Å². The maximum Gasteiger partial charge on any atom is 0.142 e. The fourth-order valence-electron chi connectivity index (χ4n) is 1.42. The van der Waals surface area contributed by atoms with E-state index >= 15 is 0 Å². The van der Waals surface area contributed by atoms with Gasteiger partial charge in [-0.05, 0) is 24.1 Å². The van der Waals surface area contributed by atoms with E-state index in [0.29, 0.717) is 16.9 Å². The highest BCUT2D eigenvalue weighted by Gasteiger charge is 2.06. The van der Waals surface area contributed by atoms with Crippen LogP contribution in [0.1, 0.15) is 17.4 Å². The molecule has 3 nitrogen and oxygen atoms in total. The van der Waals surface area contributed by atoms with Gasteiger partial charge in [-0.15, -0.1) is 0 Å². The molecule has 2 rings (SSSR count). The second-order valence-electron chi connectivity index (χ2n) is 3.52. The number of aliphatic hydroxyl groups is 1. The van der Waals surface area contributed by atoms with Crippen LogP contribution in [0.2, 0.25) is 0 Å². The second kappa shape index (κ2) is 5.15. The monoisotopic (exact) mass is 224 g/mol. The number of hydrogen-bond acceptors (Lipinski definition) is 3. The highest BCUT2D eigenvalue weighted by atomic mass is 16.3. The van der Waals surface area contributed by atoms with Crippen molar-refractivity contribution in [1.82, 2.24) is 4.98 Å². The number of nitrogens with zero attached hydrogens (tertiary/aromatic N) is 1. The Bertz CT molecular complexity index is 555. The summed E-state index contributed by atoms with van der Waals surface area (Å²) in [5.41, 5.74) is 7.53. The van der Waals surface area contributed by atoms with Crippen LogP contribution in [0.5, 0.6) is 0 Å². The highest BCUT2D eigenvalue weighted by Crippen LogP contribution is 2.18. The Hall–Kier alpha value is -2.31. The normalized spacial score (nSPS) is 11.4. The lowest BCUT2D eigenvalue weighted by molar-refractivity contribution is 0.239. The fourth-order valence-corrected chi connectivity index (χ4v) is 1.42. The lowest BCUT2D eigenvalue weighted by Gasteiger charge is -2.06. The number of anilines is 1. The van der Waals surface area contributed by atoms with Crippen LogP contribution in [0.4, 0.5) is 5.69 Å². The van der Waals surface area contributed by atoms with Gasteiger partial charge in [0.05, 0.1) is 0 Å². The molecule has 1 atom stereocenters. The van der Waals surface area contributed by atoms with Crippen LogP contribution < -0.4 is 5.73 Å². The minimum atomic E-state index is -0.891. The standard InChI is InChI=1S/C14H12N2O/c15-13-7-2-1-6-12(13)14(17)9-8-11-5-3-4-10-16-11/h1-7,10,14,17H,15H2. The molecular weight excluding hydrogens is 212 g/mol.